The second kappa shape index (κ2) is 10.8. The lowest BCUT2D eigenvalue weighted by molar-refractivity contribution is -0.113. The summed E-state index contributed by atoms with van der Waals surface area (Å²) in [4.78, 5) is 12.5. The molecule has 0 aliphatic heterocycles. The molecule has 32 heavy (non-hydrogen) atoms. The van der Waals surface area contributed by atoms with E-state index in [1.54, 1.807) is 46.6 Å². The molecular weight excluding hydrogens is 432 g/mol. The van der Waals surface area contributed by atoms with E-state index in [1.807, 2.05) is 29.7 Å². The van der Waals surface area contributed by atoms with Crippen molar-refractivity contribution < 1.29 is 23.7 Å². The molecule has 0 aliphatic rings. The van der Waals surface area contributed by atoms with Crippen molar-refractivity contribution in [1.29, 1.82) is 0 Å². The summed E-state index contributed by atoms with van der Waals surface area (Å²) in [6.07, 6.45) is 0. The third kappa shape index (κ3) is 5.08. The van der Waals surface area contributed by atoms with Gasteiger partial charge in [-0.2, -0.15) is 0 Å². The lowest BCUT2D eigenvalue weighted by Gasteiger charge is -2.11. The molecule has 0 bridgehead atoms. The van der Waals surface area contributed by atoms with Gasteiger partial charge in [-0.3, -0.25) is 4.79 Å². The third-order valence-corrected chi connectivity index (χ3v) is 5.64. The Morgan fingerprint density at radius 3 is 2.16 bits per heavy atom. The largest absolute Gasteiger partial charge is 0.493 e. The summed E-state index contributed by atoms with van der Waals surface area (Å²) in [6.45, 7) is 2.65. The monoisotopic (exact) mass is 458 g/mol. The summed E-state index contributed by atoms with van der Waals surface area (Å²) < 4.78 is 23.1. The molecule has 9 nitrogen and oxygen atoms in total. The number of rotatable bonds is 10. The molecule has 0 unspecified atom stereocenters. The number of thioether (sulfide) groups is 1. The minimum atomic E-state index is -0.166. The van der Waals surface area contributed by atoms with E-state index in [2.05, 4.69) is 15.5 Å². The van der Waals surface area contributed by atoms with Gasteiger partial charge in [0.05, 0.1) is 34.2 Å². The molecule has 0 aliphatic carbocycles. The van der Waals surface area contributed by atoms with Crippen LogP contribution in [0.15, 0.2) is 41.6 Å². The van der Waals surface area contributed by atoms with Crippen molar-refractivity contribution in [2.45, 2.75) is 18.6 Å². The molecule has 1 N–H and O–H groups in total. The van der Waals surface area contributed by atoms with Crippen LogP contribution in [0.5, 0.6) is 23.0 Å². The van der Waals surface area contributed by atoms with Crippen LogP contribution in [-0.4, -0.2) is 54.9 Å². The Morgan fingerprint density at radius 1 is 0.906 bits per heavy atom. The van der Waals surface area contributed by atoms with E-state index in [0.29, 0.717) is 46.2 Å². The highest BCUT2D eigenvalue weighted by atomic mass is 32.2. The predicted molar refractivity (Wildman–Crippen MR) is 123 cm³/mol. The maximum absolute atomic E-state index is 12.5. The van der Waals surface area contributed by atoms with Crippen LogP contribution in [0.3, 0.4) is 0 Å². The fraction of sp³-hybridized carbons (Fsp3) is 0.318. The Labute approximate surface area is 191 Å². The van der Waals surface area contributed by atoms with Gasteiger partial charge >= 0.3 is 0 Å². The van der Waals surface area contributed by atoms with Crippen molar-refractivity contribution in [2.24, 2.45) is 0 Å². The average molecular weight is 459 g/mol. The van der Waals surface area contributed by atoms with Gasteiger partial charge in [0.2, 0.25) is 5.91 Å². The van der Waals surface area contributed by atoms with Crippen LogP contribution in [0.2, 0.25) is 0 Å². The highest BCUT2D eigenvalue weighted by Gasteiger charge is 2.17. The van der Waals surface area contributed by atoms with Crippen LogP contribution in [0, 0.1) is 0 Å². The van der Waals surface area contributed by atoms with Crippen molar-refractivity contribution in [2.75, 3.05) is 39.5 Å². The molecule has 2 aromatic carbocycles. The molecule has 1 amide bonds. The number of hydrogen-bond acceptors (Lipinski definition) is 8. The van der Waals surface area contributed by atoms with Crippen molar-refractivity contribution in [3.63, 3.8) is 0 Å². The topological polar surface area (TPSA) is 96.7 Å². The number of methoxy groups -OCH3 is 4. The van der Waals surface area contributed by atoms with Gasteiger partial charge in [-0.25, -0.2) is 0 Å². The maximum atomic E-state index is 12.5. The van der Waals surface area contributed by atoms with E-state index in [1.165, 1.54) is 11.8 Å². The van der Waals surface area contributed by atoms with Crippen LogP contribution >= 0.6 is 11.8 Å². The molecule has 10 heteroatoms. The first-order valence-corrected chi connectivity index (χ1v) is 10.8. The van der Waals surface area contributed by atoms with Crippen molar-refractivity contribution in [3.8, 4) is 34.4 Å². The molecule has 1 aromatic heterocycles. The van der Waals surface area contributed by atoms with Crippen LogP contribution in [0.1, 0.15) is 6.92 Å². The smallest absolute Gasteiger partial charge is 0.234 e. The first-order chi connectivity index (χ1) is 15.5. The number of nitrogens with zero attached hydrogens (tertiary/aromatic N) is 3. The molecule has 3 aromatic rings. The number of ether oxygens (including phenoxy) is 4. The fourth-order valence-corrected chi connectivity index (χ4v) is 3.91. The van der Waals surface area contributed by atoms with Gasteiger partial charge in [-0.05, 0) is 37.3 Å². The molecule has 0 saturated heterocycles. The van der Waals surface area contributed by atoms with E-state index in [9.17, 15) is 4.79 Å². The quantitative estimate of drug-likeness (QED) is 0.459. The van der Waals surface area contributed by atoms with Gasteiger partial charge in [-0.1, -0.05) is 11.8 Å². The fourth-order valence-electron chi connectivity index (χ4n) is 3.11. The maximum Gasteiger partial charge on any atom is 0.234 e. The number of amides is 1. The Morgan fingerprint density at radius 2 is 1.53 bits per heavy atom. The summed E-state index contributed by atoms with van der Waals surface area (Å²) in [7, 11) is 6.29. The molecule has 0 fully saturated rings. The molecular formula is C22H26N4O5S. The Hall–Kier alpha value is -3.40. The molecule has 0 saturated carbocycles. The lowest BCUT2D eigenvalue weighted by Crippen LogP contribution is -2.14. The molecule has 0 atom stereocenters. The van der Waals surface area contributed by atoms with Crippen LogP contribution in [-0.2, 0) is 11.3 Å². The summed E-state index contributed by atoms with van der Waals surface area (Å²) in [5.74, 6) is 3.09. The summed E-state index contributed by atoms with van der Waals surface area (Å²) in [5, 5.41) is 12.1. The van der Waals surface area contributed by atoms with Crippen LogP contribution < -0.4 is 24.3 Å². The van der Waals surface area contributed by atoms with Crippen molar-refractivity contribution in [1.82, 2.24) is 14.8 Å². The number of aromatic nitrogens is 3. The van der Waals surface area contributed by atoms with Crippen LogP contribution in [0.4, 0.5) is 5.69 Å². The molecule has 0 spiro atoms. The molecule has 170 valence electrons. The highest BCUT2D eigenvalue weighted by Crippen LogP contribution is 2.33. The number of anilines is 1. The first kappa shape index (κ1) is 23.3. The van der Waals surface area contributed by atoms with E-state index in [0.717, 1.165) is 5.56 Å². The second-order valence-corrected chi connectivity index (χ2v) is 7.47. The van der Waals surface area contributed by atoms with E-state index < -0.39 is 0 Å². The molecule has 1 heterocycles. The predicted octanol–water partition coefficient (Wildman–Crippen LogP) is 3.73. The summed E-state index contributed by atoms with van der Waals surface area (Å²) in [6, 6.07) is 10.8. The van der Waals surface area contributed by atoms with E-state index in [-0.39, 0.29) is 11.7 Å². The average Bonchev–Trinajstić information content (AvgIpc) is 3.25. The Balaban J connectivity index is 1.71. The molecule has 0 radical (unpaired) electrons. The van der Waals surface area contributed by atoms with Crippen molar-refractivity contribution in [3.05, 3.63) is 36.4 Å². The zero-order chi connectivity index (χ0) is 23.1. The number of hydrogen-bond donors (Lipinski definition) is 1. The van der Waals surface area contributed by atoms with Gasteiger partial charge in [0.1, 0.15) is 0 Å². The number of carbonyl (C=O) groups is 1. The SMILES string of the molecule is CCn1c(SCC(=O)Nc2ccc(OC)c(OC)c2)nnc1-c1ccc(OC)c(OC)c1. The van der Waals surface area contributed by atoms with E-state index in [4.69, 9.17) is 18.9 Å². The number of benzene rings is 2. The van der Waals surface area contributed by atoms with Crippen molar-refractivity contribution >= 4 is 23.4 Å². The van der Waals surface area contributed by atoms with Gasteiger partial charge in [0.25, 0.3) is 0 Å². The van der Waals surface area contributed by atoms with Gasteiger partial charge in [0, 0.05) is 23.9 Å². The lowest BCUT2D eigenvalue weighted by atomic mass is 10.2. The van der Waals surface area contributed by atoms with Gasteiger partial charge < -0.3 is 28.8 Å². The first-order valence-electron chi connectivity index (χ1n) is 9.84. The van der Waals surface area contributed by atoms with Crippen LogP contribution in [0.25, 0.3) is 11.4 Å². The number of carbonyl (C=O) groups excluding carboxylic acids is 1. The summed E-state index contributed by atoms with van der Waals surface area (Å²) >= 11 is 1.32. The van der Waals surface area contributed by atoms with E-state index >= 15 is 0 Å². The standard InChI is InChI=1S/C22H26N4O5S/c1-6-26-21(14-7-9-16(28-2)18(11-14)30-4)24-25-22(26)32-13-20(27)23-15-8-10-17(29-3)19(12-15)31-5/h7-12H,6,13H2,1-5H3,(H,23,27). The van der Waals surface area contributed by atoms with Gasteiger partial charge in [0.15, 0.2) is 34.0 Å². The summed E-state index contributed by atoms with van der Waals surface area (Å²) in [5.41, 5.74) is 1.47. The highest BCUT2D eigenvalue weighted by molar-refractivity contribution is 7.99. The zero-order valence-electron chi connectivity index (χ0n) is 18.7. The zero-order valence-corrected chi connectivity index (χ0v) is 19.5. The minimum Gasteiger partial charge on any atom is -0.493 e. The Bertz CT molecular complexity index is 1090. The number of nitrogens with one attached hydrogen (secondary N) is 1. The third-order valence-electron chi connectivity index (χ3n) is 4.67. The Kier molecular flexibility index (Phi) is 7.82. The minimum absolute atomic E-state index is 0.166. The van der Waals surface area contributed by atoms with Gasteiger partial charge in [-0.15, -0.1) is 10.2 Å². The molecule has 3 rings (SSSR count). The normalized spacial score (nSPS) is 10.5. The second-order valence-electron chi connectivity index (χ2n) is 6.53.